The van der Waals surface area contributed by atoms with E-state index in [1.807, 2.05) is 17.0 Å². The van der Waals surface area contributed by atoms with Gasteiger partial charge in [-0.15, -0.1) is 10.2 Å². The highest BCUT2D eigenvalue weighted by Crippen LogP contribution is 2.30. The van der Waals surface area contributed by atoms with E-state index in [0.717, 1.165) is 36.9 Å². The summed E-state index contributed by atoms with van der Waals surface area (Å²) < 4.78 is 38.5. The molecule has 1 aromatic carbocycles. The Labute approximate surface area is 173 Å². The van der Waals surface area contributed by atoms with E-state index in [4.69, 9.17) is 0 Å². The normalized spacial score (nSPS) is 14.6. The highest BCUT2D eigenvalue weighted by molar-refractivity contribution is 5.89. The molecule has 162 valence electrons. The van der Waals surface area contributed by atoms with Gasteiger partial charge in [0.2, 0.25) is 0 Å². The Kier molecular flexibility index (Phi) is 6.63. The quantitative estimate of drug-likeness (QED) is 0.796. The average Bonchev–Trinajstić information content (AvgIpc) is 2.75. The van der Waals surface area contributed by atoms with E-state index in [1.165, 1.54) is 12.1 Å². The fourth-order valence-electron chi connectivity index (χ4n) is 3.32. The Balaban J connectivity index is 1.56. The molecule has 2 aromatic rings. The third-order valence-electron chi connectivity index (χ3n) is 5.06. The van der Waals surface area contributed by atoms with Gasteiger partial charge in [-0.2, -0.15) is 13.2 Å². The number of rotatable bonds is 5. The maximum atomic E-state index is 12.8. The van der Waals surface area contributed by atoms with Gasteiger partial charge in [-0.05, 0) is 44.2 Å². The van der Waals surface area contributed by atoms with Gasteiger partial charge in [-0.1, -0.05) is 6.07 Å². The Hall–Kier alpha value is -3.04. The number of hydrogen-bond donors (Lipinski definition) is 1. The maximum Gasteiger partial charge on any atom is 0.416 e. The monoisotopic (exact) mass is 422 g/mol. The van der Waals surface area contributed by atoms with E-state index in [1.54, 1.807) is 4.90 Å². The molecular weight excluding hydrogens is 397 g/mol. The van der Waals surface area contributed by atoms with Crippen molar-refractivity contribution in [2.75, 3.05) is 54.4 Å². The highest BCUT2D eigenvalue weighted by Gasteiger charge is 2.30. The molecule has 0 aliphatic carbocycles. The van der Waals surface area contributed by atoms with Crippen LogP contribution in [0.2, 0.25) is 0 Å². The minimum Gasteiger partial charge on any atom is -0.356 e. The number of piperazine rings is 1. The average molecular weight is 422 g/mol. The number of amides is 2. The van der Waals surface area contributed by atoms with E-state index in [0.29, 0.717) is 26.2 Å². The Morgan fingerprint density at radius 3 is 2.33 bits per heavy atom. The summed E-state index contributed by atoms with van der Waals surface area (Å²) in [6, 6.07) is 8.05. The SMILES string of the molecule is CCN(CC)c1ccc(N2CCN(C(=O)Nc3cccc(C(F)(F)F)c3)CC2)nn1. The summed E-state index contributed by atoms with van der Waals surface area (Å²) in [5, 5.41) is 11.1. The Morgan fingerprint density at radius 2 is 1.77 bits per heavy atom. The van der Waals surface area contributed by atoms with Crippen molar-refractivity contribution in [1.82, 2.24) is 15.1 Å². The molecule has 0 spiro atoms. The number of nitrogens with one attached hydrogen (secondary N) is 1. The van der Waals surface area contributed by atoms with E-state index < -0.39 is 17.8 Å². The fourth-order valence-corrected chi connectivity index (χ4v) is 3.32. The molecule has 0 saturated carbocycles. The van der Waals surface area contributed by atoms with Crippen LogP contribution in [0.1, 0.15) is 19.4 Å². The van der Waals surface area contributed by atoms with Crippen LogP contribution in [-0.2, 0) is 6.18 Å². The van der Waals surface area contributed by atoms with Crippen LogP contribution in [0.4, 0.5) is 35.3 Å². The second-order valence-electron chi connectivity index (χ2n) is 6.90. The van der Waals surface area contributed by atoms with E-state index in [-0.39, 0.29) is 5.69 Å². The zero-order valence-electron chi connectivity index (χ0n) is 17.0. The topological polar surface area (TPSA) is 64.6 Å². The molecule has 3 rings (SSSR count). The molecule has 0 unspecified atom stereocenters. The van der Waals surface area contributed by atoms with Gasteiger partial charge in [-0.25, -0.2) is 4.79 Å². The summed E-state index contributed by atoms with van der Waals surface area (Å²) in [6.45, 7) is 7.82. The van der Waals surface area contributed by atoms with Crippen LogP contribution in [0.25, 0.3) is 0 Å². The molecule has 0 atom stereocenters. The summed E-state index contributed by atoms with van der Waals surface area (Å²) in [6.07, 6.45) is -4.45. The predicted molar refractivity (Wildman–Crippen MR) is 110 cm³/mol. The molecule has 1 fully saturated rings. The lowest BCUT2D eigenvalue weighted by Crippen LogP contribution is -2.50. The van der Waals surface area contributed by atoms with Crippen molar-refractivity contribution in [3.63, 3.8) is 0 Å². The van der Waals surface area contributed by atoms with E-state index in [2.05, 4.69) is 34.3 Å². The van der Waals surface area contributed by atoms with Crippen LogP contribution < -0.4 is 15.1 Å². The van der Waals surface area contributed by atoms with Gasteiger partial charge in [0.05, 0.1) is 5.56 Å². The lowest BCUT2D eigenvalue weighted by Gasteiger charge is -2.35. The molecule has 10 heteroatoms. The van der Waals surface area contributed by atoms with Gasteiger partial charge < -0.3 is 20.0 Å². The van der Waals surface area contributed by atoms with Gasteiger partial charge in [0.15, 0.2) is 11.6 Å². The van der Waals surface area contributed by atoms with Crippen LogP contribution in [0.15, 0.2) is 36.4 Å². The first kappa shape index (κ1) is 21.7. The lowest BCUT2D eigenvalue weighted by molar-refractivity contribution is -0.137. The maximum absolute atomic E-state index is 12.8. The molecule has 2 amide bonds. The van der Waals surface area contributed by atoms with Crippen LogP contribution in [0.5, 0.6) is 0 Å². The summed E-state index contributed by atoms with van der Waals surface area (Å²) in [7, 11) is 0. The largest absolute Gasteiger partial charge is 0.416 e. The molecule has 1 aromatic heterocycles. The molecule has 1 saturated heterocycles. The highest BCUT2D eigenvalue weighted by atomic mass is 19.4. The minimum atomic E-state index is -4.45. The molecule has 7 nitrogen and oxygen atoms in total. The molecule has 0 bridgehead atoms. The first-order valence-electron chi connectivity index (χ1n) is 9.88. The number of aromatic nitrogens is 2. The Morgan fingerprint density at radius 1 is 1.07 bits per heavy atom. The second-order valence-corrected chi connectivity index (χ2v) is 6.90. The zero-order valence-corrected chi connectivity index (χ0v) is 17.0. The number of anilines is 3. The summed E-state index contributed by atoms with van der Waals surface area (Å²) >= 11 is 0. The minimum absolute atomic E-state index is 0.120. The molecule has 2 heterocycles. The summed E-state index contributed by atoms with van der Waals surface area (Å²) in [5.74, 6) is 1.56. The van der Waals surface area contributed by atoms with Crippen molar-refractivity contribution in [3.05, 3.63) is 42.0 Å². The molecule has 0 radical (unpaired) electrons. The fraction of sp³-hybridized carbons (Fsp3) is 0.450. The van der Waals surface area contributed by atoms with Crippen LogP contribution in [-0.4, -0.2) is 60.4 Å². The molecule has 1 aliphatic heterocycles. The number of carbonyl (C=O) groups excluding carboxylic acids is 1. The van der Waals surface area contributed by atoms with Crippen molar-refractivity contribution < 1.29 is 18.0 Å². The standard InChI is InChI=1S/C20H25F3N6O/c1-3-27(4-2)17-8-9-18(26-25-17)28-10-12-29(13-11-28)19(30)24-16-7-5-6-15(14-16)20(21,22)23/h5-9,14H,3-4,10-13H2,1-2H3,(H,24,30). The van der Waals surface area contributed by atoms with Crippen molar-refractivity contribution in [2.24, 2.45) is 0 Å². The van der Waals surface area contributed by atoms with E-state index in [9.17, 15) is 18.0 Å². The number of alkyl halides is 3. The lowest BCUT2D eigenvalue weighted by atomic mass is 10.2. The first-order chi connectivity index (χ1) is 14.3. The number of nitrogens with zero attached hydrogens (tertiary/aromatic N) is 5. The summed E-state index contributed by atoms with van der Waals surface area (Å²) in [4.78, 5) is 18.2. The van der Waals surface area contributed by atoms with Crippen LogP contribution in [0, 0.1) is 0 Å². The second kappa shape index (κ2) is 9.19. The number of urea groups is 1. The third kappa shape index (κ3) is 5.11. The summed E-state index contributed by atoms with van der Waals surface area (Å²) in [5.41, 5.74) is -0.674. The first-order valence-corrected chi connectivity index (χ1v) is 9.88. The van der Waals surface area contributed by atoms with Gasteiger partial charge in [0.25, 0.3) is 0 Å². The van der Waals surface area contributed by atoms with Gasteiger partial charge >= 0.3 is 12.2 Å². The van der Waals surface area contributed by atoms with Crippen molar-refractivity contribution in [2.45, 2.75) is 20.0 Å². The number of hydrogen-bond acceptors (Lipinski definition) is 5. The third-order valence-corrected chi connectivity index (χ3v) is 5.06. The predicted octanol–water partition coefficient (Wildman–Crippen LogP) is 3.70. The number of benzene rings is 1. The van der Waals surface area contributed by atoms with Crippen molar-refractivity contribution >= 4 is 23.4 Å². The van der Waals surface area contributed by atoms with E-state index >= 15 is 0 Å². The smallest absolute Gasteiger partial charge is 0.356 e. The molecule has 1 aliphatic rings. The van der Waals surface area contributed by atoms with Crippen molar-refractivity contribution in [3.8, 4) is 0 Å². The van der Waals surface area contributed by atoms with Gasteiger partial charge in [-0.3, -0.25) is 0 Å². The number of halogens is 3. The molecule has 1 N–H and O–H groups in total. The van der Waals surface area contributed by atoms with Crippen LogP contribution in [0.3, 0.4) is 0 Å². The Bertz CT molecular complexity index is 846. The molecule has 30 heavy (non-hydrogen) atoms. The van der Waals surface area contributed by atoms with Gasteiger partial charge in [0.1, 0.15) is 0 Å². The number of carbonyl (C=O) groups is 1. The van der Waals surface area contributed by atoms with Crippen LogP contribution >= 0.6 is 0 Å². The van der Waals surface area contributed by atoms with Crippen molar-refractivity contribution in [1.29, 1.82) is 0 Å². The van der Waals surface area contributed by atoms with Gasteiger partial charge in [0, 0.05) is 45.0 Å². The zero-order chi connectivity index (χ0) is 21.7. The molecular formula is C20H25F3N6O.